The Hall–Kier alpha value is -0.590. The van der Waals surface area contributed by atoms with E-state index in [4.69, 9.17) is 0 Å². The zero-order chi connectivity index (χ0) is 21.5. The van der Waals surface area contributed by atoms with Gasteiger partial charge in [-0.05, 0) is 115 Å². The number of fused-ring (bicyclic) bond motifs is 2. The van der Waals surface area contributed by atoms with Crippen molar-refractivity contribution in [2.24, 2.45) is 51.2 Å². The molecule has 2 spiro atoms. The van der Waals surface area contributed by atoms with Gasteiger partial charge in [-0.15, -0.1) is 0 Å². The van der Waals surface area contributed by atoms with Gasteiger partial charge in [-0.3, -0.25) is 4.79 Å². The van der Waals surface area contributed by atoms with Crippen molar-refractivity contribution in [1.82, 2.24) is 0 Å². The minimum atomic E-state index is 0.516. The molecule has 5 rings (SSSR count). The van der Waals surface area contributed by atoms with Crippen LogP contribution >= 0.6 is 0 Å². The van der Waals surface area contributed by atoms with Crippen LogP contribution in [-0.2, 0) is 4.79 Å². The lowest BCUT2D eigenvalue weighted by Gasteiger charge is -2.61. The van der Waals surface area contributed by atoms with Crippen LogP contribution in [0.1, 0.15) is 112 Å². The average molecular weight is 411 g/mol. The number of ketones is 1. The topological polar surface area (TPSA) is 17.1 Å². The van der Waals surface area contributed by atoms with Gasteiger partial charge in [0.25, 0.3) is 0 Å². The number of Topliss-reactive ketones (excluding diaryl/α,β-unsaturated/α-hetero) is 1. The average Bonchev–Trinajstić information content (AvgIpc) is 3.28. The van der Waals surface area contributed by atoms with Crippen LogP contribution in [0.25, 0.3) is 0 Å². The lowest BCUT2D eigenvalue weighted by molar-refractivity contribution is -0.139. The van der Waals surface area contributed by atoms with Gasteiger partial charge in [-0.2, -0.15) is 0 Å². The van der Waals surface area contributed by atoms with E-state index in [1.165, 1.54) is 69.8 Å². The lowest BCUT2D eigenvalue weighted by atomic mass is 9.43. The maximum Gasteiger partial charge on any atom is 0.133 e. The van der Waals surface area contributed by atoms with Crippen molar-refractivity contribution in [1.29, 1.82) is 0 Å². The monoisotopic (exact) mass is 410 g/mol. The maximum atomic E-state index is 12.2. The summed E-state index contributed by atoms with van der Waals surface area (Å²) in [6.07, 6.45) is 15.6. The molecule has 0 saturated heterocycles. The van der Waals surface area contributed by atoms with Crippen molar-refractivity contribution in [3.8, 4) is 0 Å². The van der Waals surface area contributed by atoms with E-state index in [0.29, 0.717) is 33.4 Å². The molecule has 8 unspecified atom stereocenters. The maximum absolute atomic E-state index is 12.2. The van der Waals surface area contributed by atoms with Crippen molar-refractivity contribution in [3.63, 3.8) is 0 Å². The fourth-order valence-corrected chi connectivity index (χ4v) is 10.3. The molecular formula is C29H46O. The summed E-state index contributed by atoms with van der Waals surface area (Å²) in [6.45, 7) is 16.9. The molecule has 0 bridgehead atoms. The first-order chi connectivity index (χ1) is 14.1. The molecule has 0 aliphatic heterocycles. The summed E-state index contributed by atoms with van der Waals surface area (Å²) in [5, 5.41) is 0. The van der Waals surface area contributed by atoms with E-state index < -0.39 is 0 Å². The summed E-state index contributed by atoms with van der Waals surface area (Å²) >= 11 is 0. The number of carbonyl (C=O) groups excluding carboxylic acids is 1. The minimum absolute atomic E-state index is 0.516. The third-order valence-corrected chi connectivity index (χ3v) is 12.5. The second kappa shape index (κ2) is 6.71. The van der Waals surface area contributed by atoms with E-state index in [1.54, 1.807) is 0 Å². The highest BCUT2D eigenvalue weighted by atomic mass is 16.1. The fraction of sp³-hybridized carbons (Fsp3) is 0.897. The van der Waals surface area contributed by atoms with E-state index in [1.807, 2.05) is 0 Å². The Kier molecular flexibility index (Phi) is 4.75. The lowest BCUT2D eigenvalue weighted by Crippen LogP contribution is -2.54. The number of allylic oxidation sites excluding steroid dienone is 1. The first-order valence-corrected chi connectivity index (χ1v) is 13.3. The Balaban J connectivity index is 1.37. The molecule has 30 heavy (non-hydrogen) atoms. The van der Waals surface area contributed by atoms with Crippen LogP contribution in [-0.4, -0.2) is 5.78 Å². The summed E-state index contributed by atoms with van der Waals surface area (Å²) in [7, 11) is 0. The van der Waals surface area contributed by atoms with E-state index in [-0.39, 0.29) is 0 Å². The van der Waals surface area contributed by atoms with Gasteiger partial charge >= 0.3 is 0 Å². The smallest absolute Gasteiger partial charge is 0.133 e. The summed E-state index contributed by atoms with van der Waals surface area (Å²) < 4.78 is 0. The van der Waals surface area contributed by atoms with Gasteiger partial charge in [-0.25, -0.2) is 0 Å². The van der Waals surface area contributed by atoms with Crippen molar-refractivity contribution < 1.29 is 4.79 Å². The van der Waals surface area contributed by atoms with E-state index >= 15 is 0 Å². The summed E-state index contributed by atoms with van der Waals surface area (Å²) in [5.74, 6) is 4.56. The normalized spacial score (nSPS) is 50.3. The molecule has 5 aliphatic carbocycles. The second-order valence-electron chi connectivity index (χ2n) is 13.4. The van der Waals surface area contributed by atoms with Gasteiger partial charge < -0.3 is 0 Å². The minimum Gasteiger partial charge on any atom is -0.300 e. The van der Waals surface area contributed by atoms with Gasteiger partial charge in [-0.1, -0.05) is 46.8 Å². The molecule has 168 valence electrons. The molecule has 0 heterocycles. The highest BCUT2D eigenvalue weighted by Gasteiger charge is 2.80. The number of hydrogen-bond acceptors (Lipinski definition) is 1. The number of hydrogen-bond donors (Lipinski definition) is 0. The molecule has 0 N–H and O–H groups in total. The Bertz CT molecular complexity index is 749. The van der Waals surface area contributed by atoms with E-state index in [2.05, 4.69) is 41.2 Å². The molecule has 0 aromatic heterocycles. The molecule has 0 aromatic rings. The molecule has 1 heteroatoms. The van der Waals surface area contributed by atoms with E-state index in [0.717, 1.165) is 36.5 Å². The van der Waals surface area contributed by atoms with Crippen molar-refractivity contribution in [3.05, 3.63) is 12.2 Å². The van der Waals surface area contributed by atoms with Crippen molar-refractivity contribution in [2.75, 3.05) is 0 Å². The highest BCUT2D eigenvalue weighted by molar-refractivity contribution is 5.80. The summed E-state index contributed by atoms with van der Waals surface area (Å²) in [6, 6.07) is 0. The standard InChI is InChI=1S/C29H46O/c1-19(2)20(3)7-8-21(4)24-12-13-27(6)25-10-9-22-17-23(30)11-14-28(22)18-29(25,28)16-15-26(24,27)5/h19,21-22,24-25H,3,7-18H2,1-2,4-6H3. The van der Waals surface area contributed by atoms with E-state index in [9.17, 15) is 4.79 Å². The molecule has 0 radical (unpaired) electrons. The fourth-order valence-electron chi connectivity index (χ4n) is 10.3. The van der Waals surface area contributed by atoms with Crippen LogP contribution in [0.5, 0.6) is 0 Å². The van der Waals surface area contributed by atoms with Crippen LogP contribution in [0.3, 0.4) is 0 Å². The Morgan fingerprint density at radius 3 is 2.50 bits per heavy atom. The van der Waals surface area contributed by atoms with Crippen molar-refractivity contribution >= 4 is 5.78 Å². The highest BCUT2D eigenvalue weighted by Crippen LogP contribution is 2.87. The molecule has 1 nitrogen and oxygen atoms in total. The van der Waals surface area contributed by atoms with Crippen LogP contribution in [0.2, 0.25) is 0 Å². The quantitative estimate of drug-likeness (QED) is 0.420. The SMILES string of the molecule is C=C(CCC(C)C1CCC2(C)C3CCC4CC(=O)CCC45CC35CCC12C)C(C)C. The summed E-state index contributed by atoms with van der Waals surface area (Å²) in [4.78, 5) is 12.2. The van der Waals surface area contributed by atoms with Crippen molar-refractivity contribution in [2.45, 2.75) is 112 Å². The summed E-state index contributed by atoms with van der Waals surface area (Å²) in [5.41, 5.74) is 3.68. The molecule has 5 saturated carbocycles. The first-order valence-electron chi connectivity index (χ1n) is 13.3. The van der Waals surface area contributed by atoms with Crippen LogP contribution < -0.4 is 0 Å². The Labute approximate surface area is 185 Å². The predicted molar refractivity (Wildman–Crippen MR) is 125 cm³/mol. The van der Waals surface area contributed by atoms with Gasteiger partial charge in [0.15, 0.2) is 0 Å². The first kappa shape index (κ1) is 21.3. The molecular weight excluding hydrogens is 364 g/mol. The predicted octanol–water partition coefficient (Wildman–Crippen LogP) is 7.99. The van der Waals surface area contributed by atoms with Gasteiger partial charge in [0, 0.05) is 12.8 Å². The van der Waals surface area contributed by atoms with Crippen LogP contribution in [0, 0.1) is 51.2 Å². The van der Waals surface area contributed by atoms with Gasteiger partial charge in [0.05, 0.1) is 0 Å². The van der Waals surface area contributed by atoms with Crippen LogP contribution in [0.15, 0.2) is 12.2 Å². The molecule has 5 fully saturated rings. The molecule has 5 aliphatic rings. The second-order valence-corrected chi connectivity index (χ2v) is 13.4. The third-order valence-electron chi connectivity index (χ3n) is 12.5. The zero-order valence-electron chi connectivity index (χ0n) is 20.5. The zero-order valence-corrected chi connectivity index (χ0v) is 20.5. The van der Waals surface area contributed by atoms with Gasteiger partial charge in [0.2, 0.25) is 0 Å². The number of rotatable bonds is 5. The molecule has 0 aromatic carbocycles. The van der Waals surface area contributed by atoms with Gasteiger partial charge in [0.1, 0.15) is 5.78 Å². The number of carbonyl (C=O) groups is 1. The Morgan fingerprint density at radius 2 is 1.77 bits per heavy atom. The largest absolute Gasteiger partial charge is 0.300 e. The Morgan fingerprint density at radius 1 is 1.00 bits per heavy atom. The molecule has 0 amide bonds. The van der Waals surface area contributed by atoms with Crippen LogP contribution in [0.4, 0.5) is 0 Å². The third kappa shape index (κ3) is 2.56. The molecule has 8 atom stereocenters.